The molecule has 0 aliphatic carbocycles. The van der Waals surface area contributed by atoms with Gasteiger partial charge in [-0.2, -0.15) is 0 Å². The average Bonchev–Trinajstić information content (AvgIpc) is 2.34. The first-order valence-electron chi connectivity index (χ1n) is 6.01. The molecule has 16 heavy (non-hydrogen) atoms. The van der Waals surface area contributed by atoms with Crippen LogP contribution in [0.25, 0.3) is 0 Å². The smallest absolute Gasteiger partial charge is 0.304 e. The molecule has 0 radical (unpaired) electrons. The van der Waals surface area contributed by atoms with Crippen LogP contribution in [0.2, 0.25) is 0 Å². The number of carbonyl (C=O) groups is 2. The van der Waals surface area contributed by atoms with E-state index in [-0.39, 0.29) is 12.3 Å². The molecule has 4 nitrogen and oxygen atoms in total. The van der Waals surface area contributed by atoms with E-state index in [1.165, 1.54) is 7.05 Å². The van der Waals surface area contributed by atoms with Gasteiger partial charge in [0, 0.05) is 13.0 Å². The summed E-state index contributed by atoms with van der Waals surface area (Å²) in [7, 11) is 1.49. The maximum atomic E-state index is 10.7. The minimum absolute atomic E-state index is 0.111. The van der Waals surface area contributed by atoms with Gasteiger partial charge in [-0.05, 0) is 0 Å². The molecular formula is C12H29NO3. The van der Waals surface area contributed by atoms with Crippen molar-refractivity contribution in [2.24, 2.45) is 5.92 Å². The molecule has 0 saturated carbocycles. The van der Waals surface area contributed by atoms with Crippen molar-refractivity contribution in [1.29, 1.82) is 0 Å². The number of carbonyl (C=O) groups excluding carboxylic acids is 1. The van der Waals surface area contributed by atoms with E-state index < -0.39 is 11.9 Å². The van der Waals surface area contributed by atoms with Crippen molar-refractivity contribution in [3.63, 3.8) is 0 Å². The number of hydrogen-bond acceptors (Lipinski definition) is 2. The Morgan fingerprint density at radius 1 is 1.06 bits per heavy atom. The highest BCUT2D eigenvalue weighted by molar-refractivity contribution is 5.82. The highest BCUT2D eigenvalue weighted by atomic mass is 16.4. The first-order chi connectivity index (χ1) is 7.57. The molecule has 0 aromatic heterocycles. The van der Waals surface area contributed by atoms with E-state index in [2.05, 4.69) is 5.32 Å². The van der Waals surface area contributed by atoms with E-state index in [0.29, 0.717) is 0 Å². The fourth-order valence-corrected chi connectivity index (χ4v) is 0.601. The molecule has 0 rings (SSSR count). The quantitative estimate of drug-likeness (QED) is 0.790. The molecule has 4 heteroatoms. The SMILES string of the molecule is CC.CC.CC.CNC(=O)C(C)CC(=O)O. The molecule has 0 fully saturated rings. The van der Waals surface area contributed by atoms with Gasteiger partial charge in [-0.15, -0.1) is 0 Å². The molecule has 0 spiro atoms. The van der Waals surface area contributed by atoms with E-state index >= 15 is 0 Å². The Morgan fingerprint density at radius 3 is 1.56 bits per heavy atom. The topological polar surface area (TPSA) is 66.4 Å². The van der Waals surface area contributed by atoms with Crippen molar-refractivity contribution in [2.75, 3.05) is 7.05 Å². The van der Waals surface area contributed by atoms with Crippen LogP contribution in [0.5, 0.6) is 0 Å². The average molecular weight is 235 g/mol. The molecule has 100 valence electrons. The molecule has 0 aromatic rings. The Hall–Kier alpha value is -1.06. The third-order valence-corrected chi connectivity index (χ3v) is 1.17. The summed E-state index contributed by atoms with van der Waals surface area (Å²) in [4.78, 5) is 20.7. The lowest BCUT2D eigenvalue weighted by atomic mass is 10.1. The summed E-state index contributed by atoms with van der Waals surface area (Å²) in [6.45, 7) is 13.6. The van der Waals surface area contributed by atoms with Crippen LogP contribution < -0.4 is 5.32 Å². The first-order valence-corrected chi connectivity index (χ1v) is 6.01. The number of amides is 1. The predicted molar refractivity (Wildman–Crippen MR) is 69.5 cm³/mol. The molecular weight excluding hydrogens is 206 g/mol. The Bertz CT molecular complexity index is 147. The lowest BCUT2D eigenvalue weighted by molar-refractivity contribution is -0.140. The van der Waals surface area contributed by atoms with Gasteiger partial charge in [0.1, 0.15) is 0 Å². The van der Waals surface area contributed by atoms with Crippen molar-refractivity contribution in [1.82, 2.24) is 5.32 Å². The van der Waals surface area contributed by atoms with Crippen LogP contribution in [0.3, 0.4) is 0 Å². The van der Waals surface area contributed by atoms with Crippen LogP contribution in [-0.4, -0.2) is 24.0 Å². The second-order valence-electron chi connectivity index (χ2n) is 2.11. The van der Waals surface area contributed by atoms with E-state index in [0.717, 1.165) is 0 Å². The Morgan fingerprint density at radius 2 is 1.38 bits per heavy atom. The molecule has 1 unspecified atom stereocenters. The van der Waals surface area contributed by atoms with Gasteiger partial charge in [-0.1, -0.05) is 48.5 Å². The van der Waals surface area contributed by atoms with E-state index in [4.69, 9.17) is 5.11 Å². The summed E-state index contributed by atoms with van der Waals surface area (Å²) in [6, 6.07) is 0. The summed E-state index contributed by atoms with van der Waals surface area (Å²) in [5.41, 5.74) is 0. The minimum Gasteiger partial charge on any atom is -0.481 e. The maximum absolute atomic E-state index is 10.7. The standard InChI is InChI=1S/C6H11NO3.3C2H6/c1-4(3-5(8)9)6(10)7-2;3*1-2/h4H,3H2,1-2H3,(H,7,10)(H,8,9);3*1-2H3. The van der Waals surface area contributed by atoms with Gasteiger partial charge in [-0.25, -0.2) is 0 Å². The van der Waals surface area contributed by atoms with Gasteiger partial charge in [0.25, 0.3) is 0 Å². The van der Waals surface area contributed by atoms with Crippen LogP contribution in [0.4, 0.5) is 0 Å². The predicted octanol–water partition coefficient (Wildman–Crippen LogP) is 2.92. The van der Waals surface area contributed by atoms with Crippen LogP contribution in [0, 0.1) is 5.92 Å². The summed E-state index contributed by atoms with van der Waals surface area (Å²) in [6.07, 6.45) is -0.111. The van der Waals surface area contributed by atoms with Crippen molar-refractivity contribution in [3.05, 3.63) is 0 Å². The van der Waals surface area contributed by atoms with E-state index in [1.54, 1.807) is 6.92 Å². The zero-order valence-corrected chi connectivity index (χ0v) is 12.0. The van der Waals surface area contributed by atoms with Crippen LogP contribution >= 0.6 is 0 Å². The third kappa shape index (κ3) is 23.1. The fraction of sp³-hybridized carbons (Fsp3) is 0.833. The largest absolute Gasteiger partial charge is 0.481 e. The third-order valence-electron chi connectivity index (χ3n) is 1.17. The number of carboxylic acids is 1. The molecule has 1 atom stereocenters. The lowest BCUT2D eigenvalue weighted by Crippen LogP contribution is -2.26. The molecule has 1 amide bonds. The van der Waals surface area contributed by atoms with Crippen molar-refractivity contribution < 1.29 is 14.7 Å². The monoisotopic (exact) mass is 235 g/mol. The normalized spacial score (nSPS) is 8.75. The van der Waals surface area contributed by atoms with Gasteiger partial charge in [0.05, 0.1) is 6.42 Å². The number of hydrogen-bond donors (Lipinski definition) is 2. The molecule has 0 aromatic carbocycles. The molecule has 2 N–H and O–H groups in total. The Kier molecular flexibility index (Phi) is 35.8. The van der Waals surface area contributed by atoms with Gasteiger partial charge >= 0.3 is 5.97 Å². The minimum atomic E-state index is -0.948. The number of carboxylic acid groups (broad SMARTS) is 1. The Labute approximate surface area is 100 Å². The van der Waals surface area contributed by atoms with Crippen LogP contribution in [0.15, 0.2) is 0 Å². The van der Waals surface area contributed by atoms with Crippen molar-refractivity contribution in [2.45, 2.75) is 54.9 Å². The highest BCUT2D eigenvalue weighted by Gasteiger charge is 2.13. The zero-order valence-electron chi connectivity index (χ0n) is 12.0. The van der Waals surface area contributed by atoms with Crippen molar-refractivity contribution >= 4 is 11.9 Å². The van der Waals surface area contributed by atoms with Gasteiger partial charge < -0.3 is 10.4 Å². The maximum Gasteiger partial charge on any atom is 0.304 e. The number of rotatable bonds is 3. The number of nitrogens with one attached hydrogen (secondary N) is 1. The molecule has 0 heterocycles. The second kappa shape index (κ2) is 23.6. The Balaban J connectivity index is -0.000000103. The zero-order chi connectivity index (χ0) is 14.1. The first kappa shape index (κ1) is 24.3. The fourth-order valence-electron chi connectivity index (χ4n) is 0.601. The van der Waals surface area contributed by atoms with Crippen LogP contribution in [0.1, 0.15) is 54.9 Å². The summed E-state index contributed by atoms with van der Waals surface area (Å²) < 4.78 is 0. The van der Waals surface area contributed by atoms with Gasteiger partial charge in [-0.3, -0.25) is 9.59 Å². The van der Waals surface area contributed by atoms with Crippen molar-refractivity contribution in [3.8, 4) is 0 Å². The molecule has 0 aliphatic rings. The molecule has 0 bridgehead atoms. The summed E-state index contributed by atoms with van der Waals surface area (Å²) in [5.74, 6) is -1.62. The summed E-state index contributed by atoms with van der Waals surface area (Å²) in [5, 5.41) is 10.6. The van der Waals surface area contributed by atoms with Gasteiger partial charge in [0.15, 0.2) is 0 Å². The van der Waals surface area contributed by atoms with E-state index in [9.17, 15) is 9.59 Å². The van der Waals surface area contributed by atoms with Crippen LogP contribution in [-0.2, 0) is 9.59 Å². The van der Waals surface area contributed by atoms with E-state index in [1.807, 2.05) is 41.5 Å². The summed E-state index contributed by atoms with van der Waals surface area (Å²) >= 11 is 0. The number of aliphatic carboxylic acids is 1. The molecule has 0 aliphatic heterocycles. The lowest BCUT2D eigenvalue weighted by Gasteiger charge is -2.04. The highest BCUT2D eigenvalue weighted by Crippen LogP contribution is 1.99. The second-order valence-corrected chi connectivity index (χ2v) is 2.11. The van der Waals surface area contributed by atoms with Gasteiger partial charge in [0.2, 0.25) is 5.91 Å². The molecule has 0 saturated heterocycles.